The number of aromatic hydroxyl groups is 1. The predicted octanol–water partition coefficient (Wildman–Crippen LogP) is 2.41. The van der Waals surface area contributed by atoms with Crippen LogP contribution in [0.15, 0.2) is 18.2 Å². The molecule has 0 heterocycles. The van der Waals surface area contributed by atoms with Crippen LogP contribution in [-0.2, 0) is 17.8 Å². The predicted molar refractivity (Wildman–Crippen MR) is 73.4 cm³/mol. The highest BCUT2D eigenvalue weighted by atomic mass is 32.1. The van der Waals surface area contributed by atoms with Gasteiger partial charge in [-0.25, -0.2) is 0 Å². The van der Waals surface area contributed by atoms with Crippen LogP contribution in [0.3, 0.4) is 0 Å². The van der Waals surface area contributed by atoms with Gasteiger partial charge in [-0.15, -0.1) is 0 Å². The van der Waals surface area contributed by atoms with E-state index in [9.17, 15) is 5.11 Å². The van der Waals surface area contributed by atoms with Crippen LogP contribution in [0.25, 0.3) is 0 Å². The van der Waals surface area contributed by atoms with Crippen molar-refractivity contribution in [3.63, 3.8) is 0 Å². The Morgan fingerprint density at radius 2 is 2.24 bits per heavy atom. The molecule has 1 aromatic carbocycles. The number of phenols is 1. The molecule has 0 aliphatic rings. The van der Waals surface area contributed by atoms with Gasteiger partial charge in [0.25, 0.3) is 0 Å². The smallest absolute Gasteiger partial charge is 0.146 e. The van der Waals surface area contributed by atoms with E-state index in [-0.39, 0.29) is 5.75 Å². The molecule has 0 spiro atoms. The minimum Gasteiger partial charge on any atom is -0.508 e. The first-order valence-corrected chi connectivity index (χ1v) is 6.25. The molecule has 0 saturated carbocycles. The highest BCUT2D eigenvalue weighted by molar-refractivity contribution is 7.78. The third-order valence-electron chi connectivity index (χ3n) is 2.60. The van der Waals surface area contributed by atoms with Gasteiger partial charge in [0.2, 0.25) is 0 Å². The lowest BCUT2D eigenvalue weighted by atomic mass is 10.1. The zero-order chi connectivity index (χ0) is 12.5. The molecule has 3 nitrogen and oxygen atoms in total. The number of unbranched alkanes of at least 4 members (excludes halogenated alkanes) is 1. The van der Waals surface area contributed by atoms with Crippen LogP contribution in [0.2, 0.25) is 0 Å². The van der Waals surface area contributed by atoms with E-state index in [1.165, 1.54) is 5.55 Å². The van der Waals surface area contributed by atoms with Gasteiger partial charge in [-0.05, 0) is 56.7 Å². The van der Waals surface area contributed by atoms with Crippen LogP contribution < -0.4 is 5.32 Å². The van der Waals surface area contributed by atoms with Crippen LogP contribution in [0.1, 0.15) is 24.0 Å². The number of nitrogens with one attached hydrogen (secondary N) is 1. The van der Waals surface area contributed by atoms with E-state index in [1.54, 1.807) is 6.07 Å². The van der Waals surface area contributed by atoms with E-state index in [4.69, 9.17) is 4.74 Å². The molecule has 1 rings (SSSR count). The summed E-state index contributed by atoms with van der Waals surface area (Å²) in [5.41, 5.74) is 3.14. The Labute approximate surface area is 108 Å². The number of ether oxygens (including phenoxy) is 1. The first-order chi connectivity index (χ1) is 8.27. The van der Waals surface area contributed by atoms with E-state index in [1.807, 2.05) is 19.2 Å². The number of hydrogen-bond donors (Lipinski definition) is 2. The topological polar surface area (TPSA) is 41.5 Å². The maximum Gasteiger partial charge on any atom is 0.146 e. The second-order valence-corrected chi connectivity index (χ2v) is 4.12. The van der Waals surface area contributed by atoms with Crippen molar-refractivity contribution in [3.05, 3.63) is 29.3 Å². The third-order valence-corrected chi connectivity index (χ3v) is 2.73. The van der Waals surface area contributed by atoms with E-state index in [0.717, 1.165) is 36.9 Å². The zero-order valence-corrected chi connectivity index (χ0v) is 10.9. The van der Waals surface area contributed by atoms with Gasteiger partial charge >= 0.3 is 0 Å². The zero-order valence-electron chi connectivity index (χ0n) is 10.1. The quantitative estimate of drug-likeness (QED) is 0.551. The first-order valence-electron chi connectivity index (χ1n) is 5.78. The Morgan fingerprint density at radius 3 is 2.88 bits per heavy atom. The normalized spacial score (nSPS) is 10.2. The lowest BCUT2D eigenvalue weighted by molar-refractivity contribution is 0.307. The number of hydrogen-bond acceptors (Lipinski definition) is 4. The molecule has 17 heavy (non-hydrogen) atoms. The molecule has 0 amide bonds. The maximum atomic E-state index is 9.78. The van der Waals surface area contributed by atoms with E-state index in [0.29, 0.717) is 6.61 Å². The maximum absolute atomic E-state index is 9.78. The standard InChI is InChI=1S/C13H19NO2S/c1-14-7-3-2-4-11-5-6-12(9-16-10-17)13(15)8-11/h5-6,8,10,14-15H,2-4,7,9H2,1H3. The Hall–Kier alpha value is -1.13. The Morgan fingerprint density at radius 1 is 1.41 bits per heavy atom. The summed E-state index contributed by atoms with van der Waals surface area (Å²) in [4.78, 5) is 0. The second-order valence-electron chi connectivity index (χ2n) is 3.93. The summed E-state index contributed by atoms with van der Waals surface area (Å²) in [7, 11) is 1.96. The molecule has 0 saturated heterocycles. The number of aryl methyl sites for hydroxylation is 1. The van der Waals surface area contributed by atoms with E-state index >= 15 is 0 Å². The third kappa shape index (κ3) is 5.15. The lowest BCUT2D eigenvalue weighted by Gasteiger charge is -2.07. The summed E-state index contributed by atoms with van der Waals surface area (Å²) in [6.07, 6.45) is 3.26. The van der Waals surface area contributed by atoms with E-state index < -0.39 is 0 Å². The number of rotatable bonds is 8. The van der Waals surface area contributed by atoms with Gasteiger partial charge in [0.15, 0.2) is 0 Å². The molecule has 2 N–H and O–H groups in total. The van der Waals surface area contributed by atoms with Crippen molar-refractivity contribution in [2.75, 3.05) is 13.6 Å². The number of phenolic OH excluding ortho intramolecular Hbond substituents is 1. The molecule has 0 bridgehead atoms. The summed E-state index contributed by atoms with van der Waals surface area (Å²) in [6, 6.07) is 5.73. The van der Waals surface area contributed by atoms with Gasteiger partial charge in [-0.1, -0.05) is 12.1 Å². The molecule has 1 aromatic rings. The average molecular weight is 253 g/mol. The monoisotopic (exact) mass is 253 g/mol. The molecular weight excluding hydrogens is 234 g/mol. The summed E-state index contributed by atoms with van der Waals surface area (Å²) in [5, 5.41) is 12.9. The summed E-state index contributed by atoms with van der Waals surface area (Å²) < 4.78 is 4.97. The molecule has 0 fully saturated rings. The molecule has 0 radical (unpaired) electrons. The first kappa shape index (κ1) is 13.9. The Kier molecular flexibility index (Phi) is 6.58. The van der Waals surface area contributed by atoms with Crippen LogP contribution in [-0.4, -0.2) is 24.3 Å². The lowest BCUT2D eigenvalue weighted by Crippen LogP contribution is -2.07. The van der Waals surface area contributed by atoms with Crippen molar-refractivity contribution in [1.29, 1.82) is 0 Å². The largest absolute Gasteiger partial charge is 0.508 e. The average Bonchev–Trinajstić information content (AvgIpc) is 2.34. The minimum atomic E-state index is 0.285. The second kappa shape index (κ2) is 8.03. The molecule has 0 aliphatic heterocycles. The van der Waals surface area contributed by atoms with Crippen LogP contribution in [0.4, 0.5) is 0 Å². The van der Waals surface area contributed by atoms with Crippen molar-refractivity contribution in [2.24, 2.45) is 0 Å². The highest BCUT2D eigenvalue weighted by Crippen LogP contribution is 2.20. The number of benzene rings is 1. The van der Waals surface area contributed by atoms with Crippen molar-refractivity contribution in [2.45, 2.75) is 25.9 Å². The van der Waals surface area contributed by atoms with Gasteiger partial charge in [-0.3, -0.25) is 0 Å². The summed E-state index contributed by atoms with van der Waals surface area (Å²) in [5.74, 6) is 0.285. The molecule has 0 aromatic heterocycles. The SMILES string of the molecule is CNCCCCc1ccc(COC=S)c(O)c1. The molecule has 0 aliphatic carbocycles. The molecule has 94 valence electrons. The summed E-state index contributed by atoms with van der Waals surface area (Å²) in [6.45, 7) is 1.36. The van der Waals surface area contributed by atoms with Crippen LogP contribution >= 0.6 is 12.2 Å². The molecular formula is C13H19NO2S. The summed E-state index contributed by atoms with van der Waals surface area (Å²) >= 11 is 4.57. The van der Waals surface area contributed by atoms with Crippen molar-refractivity contribution in [3.8, 4) is 5.75 Å². The van der Waals surface area contributed by atoms with Crippen LogP contribution in [0.5, 0.6) is 5.75 Å². The molecule has 0 unspecified atom stereocenters. The Balaban J connectivity index is 2.47. The highest BCUT2D eigenvalue weighted by Gasteiger charge is 2.02. The van der Waals surface area contributed by atoms with Gasteiger partial charge in [0, 0.05) is 5.56 Å². The molecule has 4 heteroatoms. The minimum absolute atomic E-state index is 0.285. The van der Waals surface area contributed by atoms with Crippen molar-refractivity contribution in [1.82, 2.24) is 5.32 Å². The number of thiocarbonyl (C=S) groups is 1. The fourth-order valence-electron chi connectivity index (χ4n) is 1.64. The van der Waals surface area contributed by atoms with Crippen LogP contribution in [0, 0.1) is 0 Å². The van der Waals surface area contributed by atoms with Gasteiger partial charge < -0.3 is 15.2 Å². The van der Waals surface area contributed by atoms with E-state index in [2.05, 4.69) is 17.5 Å². The Bertz CT molecular complexity index is 355. The fraction of sp³-hybridized carbons (Fsp3) is 0.462. The van der Waals surface area contributed by atoms with Gasteiger partial charge in [0.05, 0.1) is 0 Å². The van der Waals surface area contributed by atoms with Crippen molar-refractivity contribution < 1.29 is 9.84 Å². The van der Waals surface area contributed by atoms with Crippen molar-refractivity contribution >= 4 is 17.8 Å². The fourth-order valence-corrected chi connectivity index (χ4v) is 1.71. The molecule has 0 atom stereocenters. The van der Waals surface area contributed by atoms with Gasteiger partial charge in [0.1, 0.15) is 17.9 Å². The van der Waals surface area contributed by atoms with Gasteiger partial charge in [-0.2, -0.15) is 0 Å².